The van der Waals surface area contributed by atoms with Gasteiger partial charge in [0.05, 0.1) is 6.21 Å². The van der Waals surface area contributed by atoms with Gasteiger partial charge in [0.15, 0.2) is 0 Å². The number of rotatable bonds is 8. The van der Waals surface area contributed by atoms with Crippen molar-refractivity contribution < 1.29 is 14.3 Å². The summed E-state index contributed by atoms with van der Waals surface area (Å²) < 4.78 is 5.76. The maximum Gasteiger partial charge on any atom is 0.271 e. The maximum atomic E-state index is 12.4. The molecule has 4 aromatic carbocycles. The number of benzene rings is 4. The number of hydrogen-bond donors (Lipinski definition) is 2. The van der Waals surface area contributed by atoms with Crippen LogP contribution < -0.4 is 15.5 Å². The van der Waals surface area contributed by atoms with Gasteiger partial charge in [-0.15, -0.1) is 0 Å². The van der Waals surface area contributed by atoms with Crippen LogP contribution in [0.5, 0.6) is 5.75 Å². The van der Waals surface area contributed by atoms with Crippen LogP contribution in [0, 0.1) is 0 Å². The minimum Gasteiger partial charge on any atom is -0.489 e. The van der Waals surface area contributed by atoms with Crippen LogP contribution in [-0.2, 0) is 6.61 Å². The standard InChI is InChI=1S/C28H21Cl2N3O3/c29-23-11-7-20(8-12-23)27(34)32-24-13-9-21(10-14-24)28(35)33-31-17-19-5-15-25(16-6-19)36-18-22-3-1-2-4-26(22)30/h1-17H,18H2,(H,32,34)(H,33,35)/b31-17-. The van der Waals surface area contributed by atoms with E-state index in [0.29, 0.717) is 39.2 Å². The van der Waals surface area contributed by atoms with Gasteiger partial charge in [-0.05, 0) is 84.4 Å². The fourth-order valence-corrected chi connectivity index (χ4v) is 3.48. The summed E-state index contributed by atoms with van der Waals surface area (Å²) >= 11 is 12.0. The van der Waals surface area contributed by atoms with Crippen LogP contribution in [0.4, 0.5) is 5.69 Å². The normalized spacial score (nSPS) is 10.7. The van der Waals surface area contributed by atoms with Crippen molar-refractivity contribution in [1.82, 2.24) is 5.43 Å². The largest absolute Gasteiger partial charge is 0.489 e. The lowest BCUT2D eigenvalue weighted by Gasteiger charge is -2.08. The molecule has 0 unspecified atom stereocenters. The number of amides is 2. The van der Waals surface area contributed by atoms with Gasteiger partial charge in [0.2, 0.25) is 0 Å². The fourth-order valence-electron chi connectivity index (χ4n) is 3.17. The van der Waals surface area contributed by atoms with Crippen molar-refractivity contribution in [2.45, 2.75) is 6.61 Å². The van der Waals surface area contributed by atoms with E-state index < -0.39 is 0 Å². The molecule has 0 saturated carbocycles. The molecule has 0 aliphatic heterocycles. The van der Waals surface area contributed by atoms with Crippen LogP contribution >= 0.6 is 23.2 Å². The Bertz CT molecular complexity index is 1370. The quantitative estimate of drug-likeness (QED) is 0.204. The third kappa shape index (κ3) is 6.95. The second kappa shape index (κ2) is 12.0. The Morgan fingerprint density at radius 2 is 1.42 bits per heavy atom. The summed E-state index contributed by atoms with van der Waals surface area (Å²) in [4.78, 5) is 24.7. The van der Waals surface area contributed by atoms with Crippen molar-refractivity contribution in [3.63, 3.8) is 0 Å². The number of hydrazone groups is 1. The van der Waals surface area contributed by atoms with E-state index in [-0.39, 0.29) is 11.8 Å². The van der Waals surface area contributed by atoms with Gasteiger partial charge in [-0.2, -0.15) is 5.10 Å². The van der Waals surface area contributed by atoms with E-state index in [1.165, 1.54) is 6.21 Å². The van der Waals surface area contributed by atoms with Crippen LogP contribution in [0.15, 0.2) is 102 Å². The molecule has 0 bridgehead atoms. The summed E-state index contributed by atoms with van der Waals surface area (Å²) in [5.74, 6) is 0.0506. The van der Waals surface area contributed by atoms with Crippen molar-refractivity contribution in [3.05, 3.63) is 129 Å². The maximum absolute atomic E-state index is 12.4. The molecule has 6 nitrogen and oxygen atoms in total. The van der Waals surface area contributed by atoms with Crippen molar-refractivity contribution >= 4 is 46.9 Å². The topological polar surface area (TPSA) is 79.8 Å². The minimum atomic E-state index is -0.374. The van der Waals surface area contributed by atoms with Crippen molar-refractivity contribution in [2.75, 3.05) is 5.32 Å². The number of ether oxygens (including phenoxy) is 1. The zero-order valence-electron chi connectivity index (χ0n) is 18.9. The average Bonchev–Trinajstić information content (AvgIpc) is 2.90. The highest BCUT2D eigenvalue weighted by Gasteiger charge is 2.08. The molecule has 4 rings (SSSR count). The van der Waals surface area contributed by atoms with Crippen LogP contribution in [0.2, 0.25) is 10.0 Å². The van der Waals surface area contributed by atoms with Gasteiger partial charge in [-0.25, -0.2) is 5.43 Å². The van der Waals surface area contributed by atoms with Gasteiger partial charge in [0, 0.05) is 32.4 Å². The van der Waals surface area contributed by atoms with Gasteiger partial charge in [0.1, 0.15) is 12.4 Å². The Labute approximate surface area is 218 Å². The third-order valence-electron chi connectivity index (χ3n) is 5.12. The number of halogens is 2. The predicted molar refractivity (Wildman–Crippen MR) is 143 cm³/mol. The molecule has 0 aromatic heterocycles. The molecule has 4 aromatic rings. The molecule has 180 valence electrons. The Morgan fingerprint density at radius 1 is 0.778 bits per heavy atom. The van der Waals surface area contributed by atoms with E-state index in [2.05, 4.69) is 15.8 Å². The zero-order chi connectivity index (χ0) is 25.3. The second-order valence-electron chi connectivity index (χ2n) is 7.69. The van der Waals surface area contributed by atoms with Crippen LogP contribution in [0.1, 0.15) is 31.8 Å². The molecule has 0 radical (unpaired) electrons. The molecular weight excluding hydrogens is 497 g/mol. The highest BCUT2D eigenvalue weighted by atomic mass is 35.5. The molecule has 8 heteroatoms. The lowest BCUT2D eigenvalue weighted by molar-refractivity contribution is 0.0954. The number of anilines is 1. The Balaban J connectivity index is 1.26. The summed E-state index contributed by atoms with van der Waals surface area (Å²) in [6, 6.07) is 27.9. The third-order valence-corrected chi connectivity index (χ3v) is 5.74. The van der Waals surface area contributed by atoms with E-state index in [9.17, 15) is 9.59 Å². The Morgan fingerprint density at radius 3 is 2.11 bits per heavy atom. The minimum absolute atomic E-state index is 0.270. The van der Waals surface area contributed by atoms with Gasteiger partial charge < -0.3 is 10.1 Å². The molecule has 0 spiro atoms. The smallest absolute Gasteiger partial charge is 0.271 e. The van der Waals surface area contributed by atoms with Crippen molar-refractivity contribution in [1.29, 1.82) is 0 Å². The number of nitrogens with one attached hydrogen (secondary N) is 2. The van der Waals surface area contributed by atoms with E-state index in [1.54, 1.807) is 48.5 Å². The van der Waals surface area contributed by atoms with Crippen LogP contribution in [-0.4, -0.2) is 18.0 Å². The van der Waals surface area contributed by atoms with Gasteiger partial charge in [-0.3, -0.25) is 9.59 Å². The first-order valence-electron chi connectivity index (χ1n) is 10.9. The fraction of sp³-hybridized carbons (Fsp3) is 0.0357. The molecule has 0 aliphatic rings. The van der Waals surface area contributed by atoms with Crippen LogP contribution in [0.3, 0.4) is 0 Å². The summed E-state index contributed by atoms with van der Waals surface area (Å²) in [6.07, 6.45) is 1.54. The van der Waals surface area contributed by atoms with E-state index in [1.807, 2.05) is 48.5 Å². The SMILES string of the molecule is O=C(N/N=C\c1ccc(OCc2ccccc2Cl)cc1)c1ccc(NC(=O)c2ccc(Cl)cc2)cc1. The molecule has 0 aliphatic carbocycles. The van der Waals surface area contributed by atoms with Gasteiger partial charge in [-0.1, -0.05) is 41.4 Å². The highest BCUT2D eigenvalue weighted by Crippen LogP contribution is 2.19. The molecule has 2 amide bonds. The lowest BCUT2D eigenvalue weighted by atomic mass is 10.1. The summed E-state index contributed by atoms with van der Waals surface area (Å²) in [5.41, 5.74) is 5.64. The first kappa shape index (κ1) is 25.0. The number of hydrogen-bond acceptors (Lipinski definition) is 4. The van der Waals surface area contributed by atoms with Crippen LogP contribution in [0.25, 0.3) is 0 Å². The number of carbonyl (C=O) groups is 2. The number of carbonyl (C=O) groups excluding carboxylic acids is 2. The highest BCUT2D eigenvalue weighted by molar-refractivity contribution is 6.31. The first-order valence-corrected chi connectivity index (χ1v) is 11.7. The average molecular weight is 518 g/mol. The van der Waals surface area contributed by atoms with E-state index in [4.69, 9.17) is 27.9 Å². The molecule has 0 atom stereocenters. The van der Waals surface area contributed by atoms with E-state index in [0.717, 1.165) is 11.1 Å². The summed E-state index contributed by atoms with van der Waals surface area (Å²) in [6.45, 7) is 0.368. The molecule has 0 saturated heterocycles. The summed E-state index contributed by atoms with van der Waals surface area (Å²) in [7, 11) is 0. The monoisotopic (exact) mass is 517 g/mol. The summed E-state index contributed by atoms with van der Waals surface area (Å²) in [5, 5.41) is 8.00. The first-order chi connectivity index (χ1) is 17.5. The Kier molecular flexibility index (Phi) is 8.34. The Hall–Kier alpha value is -4.13. The van der Waals surface area contributed by atoms with Gasteiger partial charge >= 0.3 is 0 Å². The zero-order valence-corrected chi connectivity index (χ0v) is 20.5. The molecule has 0 fully saturated rings. The lowest BCUT2D eigenvalue weighted by Crippen LogP contribution is -2.17. The van der Waals surface area contributed by atoms with E-state index >= 15 is 0 Å². The molecule has 0 heterocycles. The predicted octanol–water partition coefficient (Wildman–Crippen LogP) is 6.59. The molecular formula is C28H21Cl2N3O3. The number of nitrogens with zero attached hydrogens (tertiary/aromatic N) is 1. The van der Waals surface area contributed by atoms with Crippen molar-refractivity contribution in [2.24, 2.45) is 5.10 Å². The van der Waals surface area contributed by atoms with Crippen molar-refractivity contribution in [3.8, 4) is 5.75 Å². The second-order valence-corrected chi connectivity index (χ2v) is 8.53. The molecule has 2 N–H and O–H groups in total. The van der Waals surface area contributed by atoms with Gasteiger partial charge in [0.25, 0.3) is 11.8 Å². The molecule has 36 heavy (non-hydrogen) atoms.